The molecular weight excluding hydrogens is 358 g/mol. The minimum absolute atomic E-state index is 0.536. The zero-order valence-corrected chi connectivity index (χ0v) is 17.6. The molecule has 9 nitrogen and oxygen atoms in total. The van der Waals surface area contributed by atoms with Gasteiger partial charge in [-0.3, -0.25) is 4.90 Å². The number of rotatable bonds is 8. The van der Waals surface area contributed by atoms with Gasteiger partial charge in [0.1, 0.15) is 12.4 Å². The number of aryl methyl sites for hydroxylation is 1. The summed E-state index contributed by atoms with van der Waals surface area (Å²) in [6.07, 6.45) is 2.17. The molecule has 1 aromatic heterocycles. The van der Waals surface area contributed by atoms with E-state index in [9.17, 15) is 0 Å². The fourth-order valence-corrected chi connectivity index (χ4v) is 3.74. The van der Waals surface area contributed by atoms with Crippen molar-refractivity contribution in [1.82, 2.24) is 29.9 Å². The van der Waals surface area contributed by atoms with E-state index in [1.54, 1.807) is 7.11 Å². The van der Waals surface area contributed by atoms with E-state index < -0.39 is 0 Å². The molecule has 1 atom stereocenters. The number of guanidine groups is 1. The van der Waals surface area contributed by atoms with E-state index in [4.69, 9.17) is 14.5 Å². The second-order valence-corrected chi connectivity index (χ2v) is 7.65. The van der Waals surface area contributed by atoms with Crippen LogP contribution in [0.4, 0.5) is 0 Å². The molecule has 1 unspecified atom stereocenters. The zero-order chi connectivity index (χ0) is 19.8. The molecule has 2 saturated heterocycles. The maximum Gasteiger partial charge on any atom is 0.194 e. The van der Waals surface area contributed by atoms with Crippen LogP contribution in [0, 0.1) is 12.8 Å². The highest BCUT2D eigenvalue weighted by atomic mass is 16.5. The van der Waals surface area contributed by atoms with Crippen LogP contribution >= 0.6 is 0 Å². The fraction of sp³-hybridized carbons (Fsp3) is 0.842. The Morgan fingerprint density at radius 2 is 2.11 bits per heavy atom. The second-order valence-electron chi connectivity index (χ2n) is 7.65. The first kappa shape index (κ1) is 21.0. The quantitative estimate of drug-likeness (QED) is 0.385. The van der Waals surface area contributed by atoms with Crippen molar-refractivity contribution in [2.24, 2.45) is 18.0 Å². The Morgan fingerprint density at radius 3 is 2.82 bits per heavy atom. The molecule has 0 bridgehead atoms. The summed E-state index contributed by atoms with van der Waals surface area (Å²) in [5.41, 5.74) is 0. The van der Waals surface area contributed by atoms with Crippen molar-refractivity contribution in [3.63, 3.8) is 0 Å². The van der Waals surface area contributed by atoms with Crippen LogP contribution in [-0.2, 0) is 23.1 Å². The second kappa shape index (κ2) is 10.7. The molecule has 28 heavy (non-hydrogen) atoms. The summed E-state index contributed by atoms with van der Waals surface area (Å²) in [6, 6.07) is 0. The molecule has 3 rings (SSSR count). The highest BCUT2D eigenvalue weighted by Crippen LogP contribution is 2.18. The first-order valence-electron chi connectivity index (χ1n) is 10.3. The predicted molar refractivity (Wildman–Crippen MR) is 108 cm³/mol. The summed E-state index contributed by atoms with van der Waals surface area (Å²) in [7, 11) is 3.72. The monoisotopic (exact) mass is 393 g/mol. The molecule has 0 amide bonds. The number of aromatic nitrogens is 3. The van der Waals surface area contributed by atoms with Crippen molar-refractivity contribution >= 4 is 5.96 Å². The summed E-state index contributed by atoms with van der Waals surface area (Å²) in [5.74, 6) is 3.45. The van der Waals surface area contributed by atoms with Gasteiger partial charge in [-0.25, -0.2) is 4.99 Å². The molecule has 3 heterocycles. The summed E-state index contributed by atoms with van der Waals surface area (Å²) < 4.78 is 12.6. The summed E-state index contributed by atoms with van der Waals surface area (Å²) in [4.78, 5) is 9.78. The van der Waals surface area contributed by atoms with E-state index >= 15 is 0 Å². The van der Waals surface area contributed by atoms with E-state index in [-0.39, 0.29) is 0 Å². The molecule has 0 aliphatic carbocycles. The molecule has 0 radical (unpaired) electrons. The van der Waals surface area contributed by atoms with Crippen LogP contribution in [0.3, 0.4) is 0 Å². The Labute approximate surface area is 168 Å². The number of nitrogens with one attached hydrogen (secondary N) is 1. The first-order chi connectivity index (χ1) is 13.7. The molecule has 2 aliphatic heterocycles. The van der Waals surface area contributed by atoms with E-state index in [0.717, 1.165) is 83.1 Å². The van der Waals surface area contributed by atoms with Crippen molar-refractivity contribution in [3.05, 3.63) is 11.6 Å². The number of methoxy groups -OCH3 is 1. The van der Waals surface area contributed by atoms with Crippen molar-refractivity contribution in [2.45, 2.75) is 26.3 Å². The Hall–Kier alpha value is -1.71. The molecule has 0 saturated carbocycles. The molecular formula is C19H35N7O2. The van der Waals surface area contributed by atoms with E-state index in [1.165, 1.54) is 6.42 Å². The summed E-state index contributed by atoms with van der Waals surface area (Å²) in [6.45, 7) is 11.2. The minimum Gasteiger partial charge on any atom is -0.385 e. The molecule has 158 valence electrons. The van der Waals surface area contributed by atoms with Gasteiger partial charge in [0.2, 0.25) is 0 Å². The zero-order valence-electron chi connectivity index (χ0n) is 17.6. The van der Waals surface area contributed by atoms with Crippen LogP contribution in [0.15, 0.2) is 4.99 Å². The summed E-state index contributed by atoms with van der Waals surface area (Å²) in [5, 5.41) is 11.9. The van der Waals surface area contributed by atoms with E-state index in [1.807, 2.05) is 18.5 Å². The van der Waals surface area contributed by atoms with Crippen molar-refractivity contribution in [2.75, 3.05) is 66.2 Å². The van der Waals surface area contributed by atoms with Gasteiger partial charge in [-0.1, -0.05) is 0 Å². The van der Waals surface area contributed by atoms with Gasteiger partial charge in [-0.2, -0.15) is 0 Å². The Bertz CT molecular complexity index is 628. The van der Waals surface area contributed by atoms with Gasteiger partial charge < -0.3 is 24.3 Å². The number of nitrogens with zero attached hydrogens (tertiary/aromatic N) is 6. The number of morpholine rings is 1. The lowest BCUT2D eigenvalue weighted by Crippen LogP contribution is -2.42. The van der Waals surface area contributed by atoms with Crippen molar-refractivity contribution < 1.29 is 9.47 Å². The van der Waals surface area contributed by atoms with Gasteiger partial charge in [0.05, 0.1) is 13.2 Å². The third kappa shape index (κ3) is 5.89. The topological polar surface area (TPSA) is 80.0 Å². The lowest BCUT2D eigenvalue weighted by molar-refractivity contribution is 0.0315. The third-order valence-corrected chi connectivity index (χ3v) is 5.57. The SMILES string of the molecule is COCCCNC(=NCc1nnc(C)n1C)N1CCC(CN2CCOCC2)C1. The van der Waals surface area contributed by atoms with Crippen molar-refractivity contribution in [1.29, 1.82) is 0 Å². The van der Waals surface area contributed by atoms with Gasteiger partial charge in [-0.15, -0.1) is 10.2 Å². The van der Waals surface area contributed by atoms with Gasteiger partial charge in [0.15, 0.2) is 11.8 Å². The number of likely N-dealkylation sites (tertiary alicyclic amines) is 1. The van der Waals surface area contributed by atoms with Crippen LogP contribution in [0.5, 0.6) is 0 Å². The lowest BCUT2D eigenvalue weighted by Gasteiger charge is -2.29. The molecule has 9 heteroatoms. The van der Waals surface area contributed by atoms with Crippen LogP contribution in [-0.4, -0.2) is 96.7 Å². The number of aliphatic imine (C=N–C) groups is 1. The van der Waals surface area contributed by atoms with Crippen LogP contribution in [0.2, 0.25) is 0 Å². The Balaban J connectivity index is 1.57. The van der Waals surface area contributed by atoms with Gasteiger partial charge >= 0.3 is 0 Å². The van der Waals surface area contributed by atoms with Crippen molar-refractivity contribution in [3.8, 4) is 0 Å². The van der Waals surface area contributed by atoms with Crippen LogP contribution in [0.1, 0.15) is 24.5 Å². The molecule has 1 N–H and O–H groups in total. The Kier molecular flexibility index (Phi) is 8.05. The van der Waals surface area contributed by atoms with Crippen LogP contribution in [0.25, 0.3) is 0 Å². The largest absolute Gasteiger partial charge is 0.385 e. The van der Waals surface area contributed by atoms with Crippen LogP contribution < -0.4 is 5.32 Å². The summed E-state index contributed by atoms with van der Waals surface area (Å²) >= 11 is 0. The highest BCUT2D eigenvalue weighted by Gasteiger charge is 2.27. The fourth-order valence-electron chi connectivity index (χ4n) is 3.74. The third-order valence-electron chi connectivity index (χ3n) is 5.57. The first-order valence-corrected chi connectivity index (χ1v) is 10.3. The van der Waals surface area contributed by atoms with Gasteiger partial charge in [0, 0.05) is 60.0 Å². The average molecular weight is 394 g/mol. The molecule has 2 aliphatic rings. The molecule has 2 fully saturated rings. The molecule has 0 spiro atoms. The lowest BCUT2D eigenvalue weighted by atomic mass is 10.1. The number of ether oxygens (including phenoxy) is 2. The predicted octanol–water partition coefficient (Wildman–Crippen LogP) is 0.260. The van der Waals surface area contributed by atoms with E-state index in [0.29, 0.717) is 12.5 Å². The van der Waals surface area contributed by atoms with Gasteiger partial charge in [-0.05, 0) is 25.7 Å². The standard InChI is InChI=1S/C19H35N7O2/c1-16-22-23-18(24(16)2)13-21-19(20-6-4-10-27-3)26-7-5-17(15-26)14-25-8-11-28-12-9-25/h17H,4-15H2,1-3H3,(H,20,21). The maximum atomic E-state index is 5.47. The smallest absolute Gasteiger partial charge is 0.194 e. The number of hydrogen-bond donors (Lipinski definition) is 1. The number of hydrogen-bond acceptors (Lipinski definition) is 6. The minimum atomic E-state index is 0.536. The molecule has 0 aromatic carbocycles. The molecule has 1 aromatic rings. The normalized spacial score (nSPS) is 21.5. The Morgan fingerprint density at radius 1 is 1.29 bits per heavy atom. The average Bonchev–Trinajstić information content (AvgIpc) is 3.30. The van der Waals surface area contributed by atoms with E-state index in [2.05, 4.69) is 25.3 Å². The van der Waals surface area contributed by atoms with Gasteiger partial charge in [0.25, 0.3) is 0 Å². The maximum absolute atomic E-state index is 5.47. The highest BCUT2D eigenvalue weighted by molar-refractivity contribution is 5.80.